The Hall–Kier alpha value is -1.70. The summed E-state index contributed by atoms with van der Waals surface area (Å²) in [6.45, 7) is 7.03. The largest absolute Gasteiger partial charge is 0.351 e. The first-order valence-electron chi connectivity index (χ1n) is 9.56. The summed E-state index contributed by atoms with van der Waals surface area (Å²) in [7, 11) is -2.96. The lowest BCUT2D eigenvalue weighted by atomic mass is 10.1. The van der Waals surface area contributed by atoms with Crippen molar-refractivity contribution in [3.05, 3.63) is 41.5 Å². The summed E-state index contributed by atoms with van der Waals surface area (Å²) in [5.41, 5.74) is 2.55. The normalized spacial score (nSPS) is 24.0. The quantitative estimate of drug-likeness (QED) is 0.784. The Balaban J connectivity index is 1.38. The summed E-state index contributed by atoms with van der Waals surface area (Å²) in [4.78, 5) is 16.7. The van der Waals surface area contributed by atoms with E-state index in [4.69, 9.17) is 0 Å². The van der Waals surface area contributed by atoms with Gasteiger partial charge in [-0.2, -0.15) is 0 Å². The molecule has 0 aliphatic carbocycles. The highest BCUT2D eigenvalue weighted by atomic mass is 32.2. The average Bonchev–Trinajstić information content (AvgIpc) is 2.96. The second-order valence-electron chi connectivity index (χ2n) is 7.62. The monoisotopic (exact) mass is 391 g/mol. The van der Waals surface area contributed by atoms with Gasteiger partial charge in [0.05, 0.1) is 18.1 Å². The third-order valence-electron chi connectivity index (χ3n) is 5.12. The highest BCUT2D eigenvalue weighted by molar-refractivity contribution is 7.91. The molecule has 0 radical (unpaired) electrons. The molecule has 2 heterocycles. The maximum atomic E-state index is 12.2. The number of rotatable bonds is 6. The van der Waals surface area contributed by atoms with Crippen LogP contribution in [0.2, 0.25) is 0 Å². The van der Waals surface area contributed by atoms with Crippen molar-refractivity contribution in [3.8, 4) is 0 Å². The fourth-order valence-electron chi connectivity index (χ4n) is 3.72. The minimum absolute atomic E-state index is 0.0642. The number of sulfone groups is 1. The zero-order chi connectivity index (χ0) is 19.3. The van der Waals surface area contributed by atoms with Crippen LogP contribution < -0.4 is 5.32 Å². The van der Waals surface area contributed by atoms with Gasteiger partial charge >= 0.3 is 0 Å². The highest BCUT2D eigenvalue weighted by Crippen LogP contribution is 2.12. The van der Waals surface area contributed by atoms with E-state index in [1.54, 1.807) is 0 Å². The van der Waals surface area contributed by atoms with Crippen molar-refractivity contribution in [2.24, 2.45) is 0 Å². The maximum absolute atomic E-state index is 12.2. The Morgan fingerprint density at radius 2 is 1.74 bits per heavy atom. The maximum Gasteiger partial charge on any atom is 0.234 e. The predicted octanol–water partition coefficient (Wildman–Crippen LogP) is 1.01. The number of nitrogens with zero attached hydrogens (tertiary/aromatic N) is 2. The number of hydrogen-bond acceptors (Lipinski definition) is 5. The highest BCUT2D eigenvalue weighted by Gasteiger charge is 2.29. The molecule has 6 nitrogen and oxygen atoms in total. The van der Waals surface area contributed by atoms with Crippen LogP contribution in [0.15, 0.2) is 35.9 Å². The molecule has 2 saturated heterocycles. The molecule has 1 aromatic carbocycles. The van der Waals surface area contributed by atoms with E-state index in [1.807, 2.05) is 18.2 Å². The van der Waals surface area contributed by atoms with Gasteiger partial charge in [0.25, 0.3) is 0 Å². The summed E-state index contributed by atoms with van der Waals surface area (Å²) in [5, 5.41) is 2.87. The molecule has 2 aliphatic heterocycles. The van der Waals surface area contributed by atoms with Crippen LogP contribution in [0.25, 0.3) is 6.08 Å². The second kappa shape index (κ2) is 8.99. The van der Waals surface area contributed by atoms with Gasteiger partial charge < -0.3 is 5.32 Å². The summed E-state index contributed by atoms with van der Waals surface area (Å²) in [5.74, 6) is 0.206. The molecule has 2 fully saturated rings. The number of nitrogens with one attached hydrogen (secondary N) is 1. The van der Waals surface area contributed by atoms with E-state index in [-0.39, 0.29) is 23.5 Å². The first-order chi connectivity index (χ1) is 12.9. The lowest BCUT2D eigenvalue weighted by molar-refractivity contribution is -0.123. The van der Waals surface area contributed by atoms with E-state index in [2.05, 4.69) is 40.2 Å². The molecule has 148 valence electrons. The SMILES string of the molecule is CC(=Cc1ccccc1)CN1CCN(CC(=O)NC2CCS(=O)(=O)C2)CC1. The van der Waals surface area contributed by atoms with E-state index in [1.165, 1.54) is 11.1 Å². The van der Waals surface area contributed by atoms with Crippen molar-refractivity contribution in [2.75, 3.05) is 50.8 Å². The first kappa shape index (κ1) is 20.0. The number of carbonyl (C=O) groups excluding carboxylic acids is 1. The predicted molar refractivity (Wildman–Crippen MR) is 108 cm³/mol. The number of hydrogen-bond donors (Lipinski definition) is 1. The standard InChI is InChI=1S/C20H29N3O3S/c1-17(13-18-5-3-2-4-6-18)14-22-8-10-23(11-9-22)15-20(24)21-19-7-12-27(25,26)16-19/h2-6,13,19H,7-12,14-16H2,1H3,(H,21,24). The molecule has 1 N–H and O–H groups in total. The first-order valence-corrected chi connectivity index (χ1v) is 11.4. The summed E-state index contributed by atoms with van der Waals surface area (Å²) < 4.78 is 23.0. The molecular formula is C20H29N3O3S. The lowest BCUT2D eigenvalue weighted by Gasteiger charge is -2.34. The van der Waals surface area contributed by atoms with Crippen molar-refractivity contribution in [1.82, 2.24) is 15.1 Å². The molecular weight excluding hydrogens is 362 g/mol. The van der Waals surface area contributed by atoms with E-state index in [0.29, 0.717) is 13.0 Å². The molecule has 1 unspecified atom stereocenters. The molecule has 0 saturated carbocycles. The Morgan fingerprint density at radius 1 is 1.11 bits per heavy atom. The van der Waals surface area contributed by atoms with Gasteiger partial charge in [-0.25, -0.2) is 8.42 Å². The Bertz CT molecular complexity index is 769. The zero-order valence-electron chi connectivity index (χ0n) is 15.9. The molecule has 0 spiro atoms. The number of piperazine rings is 1. The molecule has 0 aromatic heterocycles. The number of carbonyl (C=O) groups is 1. The average molecular weight is 392 g/mol. The van der Waals surface area contributed by atoms with Crippen LogP contribution in [-0.2, 0) is 14.6 Å². The van der Waals surface area contributed by atoms with Crippen molar-refractivity contribution in [2.45, 2.75) is 19.4 Å². The Labute approximate surface area is 162 Å². The number of amides is 1. The third kappa shape index (κ3) is 6.45. The van der Waals surface area contributed by atoms with Gasteiger partial charge in [-0.05, 0) is 18.9 Å². The number of benzene rings is 1. The smallest absolute Gasteiger partial charge is 0.234 e. The lowest BCUT2D eigenvalue weighted by Crippen LogP contribution is -2.50. The second-order valence-corrected chi connectivity index (χ2v) is 9.85. The fraction of sp³-hybridized carbons (Fsp3) is 0.550. The van der Waals surface area contributed by atoms with Crippen molar-refractivity contribution in [3.63, 3.8) is 0 Å². The minimum Gasteiger partial charge on any atom is -0.351 e. The van der Waals surface area contributed by atoms with Gasteiger partial charge in [0.2, 0.25) is 5.91 Å². The molecule has 27 heavy (non-hydrogen) atoms. The minimum atomic E-state index is -2.96. The van der Waals surface area contributed by atoms with Crippen molar-refractivity contribution >= 4 is 21.8 Å². The van der Waals surface area contributed by atoms with Crippen LogP contribution in [0, 0.1) is 0 Å². The van der Waals surface area contributed by atoms with Crippen LogP contribution in [-0.4, -0.2) is 80.9 Å². The van der Waals surface area contributed by atoms with Crippen LogP contribution in [0.3, 0.4) is 0 Å². The third-order valence-corrected chi connectivity index (χ3v) is 6.88. The molecule has 2 aliphatic rings. The molecule has 1 amide bonds. The van der Waals surface area contributed by atoms with Crippen LogP contribution in [0.4, 0.5) is 0 Å². The zero-order valence-corrected chi connectivity index (χ0v) is 16.7. The summed E-state index contributed by atoms with van der Waals surface area (Å²) in [6, 6.07) is 10.1. The van der Waals surface area contributed by atoms with Crippen molar-refractivity contribution < 1.29 is 13.2 Å². The van der Waals surface area contributed by atoms with Gasteiger partial charge in [-0.3, -0.25) is 14.6 Å². The Kier molecular flexibility index (Phi) is 6.68. The molecule has 1 atom stereocenters. The van der Waals surface area contributed by atoms with E-state index in [0.717, 1.165) is 32.7 Å². The van der Waals surface area contributed by atoms with E-state index < -0.39 is 9.84 Å². The summed E-state index contributed by atoms with van der Waals surface area (Å²) in [6.07, 6.45) is 2.75. The van der Waals surface area contributed by atoms with Gasteiger partial charge in [0.1, 0.15) is 0 Å². The molecule has 1 aromatic rings. The van der Waals surface area contributed by atoms with Gasteiger partial charge in [0, 0.05) is 38.8 Å². The van der Waals surface area contributed by atoms with E-state index >= 15 is 0 Å². The van der Waals surface area contributed by atoms with Crippen LogP contribution in [0.1, 0.15) is 18.9 Å². The van der Waals surface area contributed by atoms with Gasteiger partial charge in [-0.1, -0.05) is 42.0 Å². The van der Waals surface area contributed by atoms with Crippen molar-refractivity contribution in [1.29, 1.82) is 0 Å². The van der Waals surface area contributed by atoms with Crippen LogP contribution >= 0.6 is 0 Å². The Morgan fingerprint density at radius 3 is 2.33 bits per heavy atom. The summed E-state index contributed by atoms with van der Waals surface area (Å²) >= 11 is 0. The van der Waals surface area contributed by atoms with Crippen LogP contribution in [0.5, 0.6) is 0 Å². The van der Waals surface area contributed by atoms with Gasteiger partial charge in [-0.15, -0.1) is 0 Å². The fourth-order valence-corrected chi connectivity index (χ4v) is 5.40. The molecule has 7 heteroatoms. The van der Waals surface area contributed by atoms with E-state index in [9.17, 15) is 13.2 Å². The molecule has 3 rings (SSSR count). The molecule has 0 bridgehead atoms. The topological polar surface area (TPSA) is 69.7 Å². The van der Waals surface area contributed by atoms with Gasteiger partial charge in [0.15, 0.2) is 9.84 Å².